The van der Waals surface area contributed by atoms with E-state index in [0.29, 0.717) is 0 Å². The quantitative estimate of drug-likeness (QED) is 0.850. The van der Waals surface area contributed by atoms with E-state index < -0.39 is 5.97 Å². The molecule has 0 saturated carbocycles. The van der Waals surface area contributed by atoms with Crippen molar-refractivity contribution in [3.8, 4) is 0 Å². The zero-order chi connectivity index (χ0) is 14.7. The van der Waals surface area contributed by atoms with Gasteiger partial charge in [-0.15, -0.1) is 16.4 Å². The van der Waals surface area contributed by atoms with Gasteiger partial charge < -0.3 is 10.5 Å². The third kappa shape index (κ3) is 2.73. The third-order valence-electron chi connectivity index (χ3n) is 3.21. The van der Waals surface area contributed by atoms with Crippen LogP contribution in [-0.4, -0.2) is 33.9 Å². The summed E-state index contributed by atoms with van der Waals surface area (Å²) in [6.45, 7) is 4.07. The maximum Gasteiger partial charge on any atom is 0.377 e. The van der Waals surface area contributed by atoms with E-state index in [1.807, 2.05) is 25.3 Å². The van der Waals surface area contributed by atoms with Gasteiger partial charge in [0.05, 0.1) is 7.11 Å². The van der Waals surface area contributed by atoms with Crippen molar-refractivity contribution in [1.82, 2.24) is 14.8 Å². The van der Waals surface area contributed by atoms with E-state index in [0.717, 1.165) is 11.3 Å². The SMILES string of the molecule is CCC(N)C(c1sccc1C)n1cnc(C(=O)OC)n1. The first kappa shape index (κ1) is 14.7. The van der Waals surface area contributed by atoms with Crippen LogP contribution in [0.15, 0.2) is 17.8 Å². The number of aromatic nitrogens is 3. The maximum atomic E-state index is 11.5. The van der Waals surface area contributed by atoms with Crippen molar-refractivity contribution in [2.45, 2.75) is 32.4 Å². The number of hydrogen-bond acceptors (Lipinski definition) is 6. The molecule has 0 aromatic carbocycles. The number of nitrogens with zero attached hydrogens (tertiary/aromatic N) is 3. The van der Waals surface area contributed by atoms with Crippen LogP contribution >= 0.6 is 11.3 Å². The summed E-state index contributed by atoms with van der Waals surface area (Å²) in [5.74, 6) is -0.495. The van der Waals surface area contributed by atoms with Crippen LogP contribution in [0.3, 0.4) is 0 Å². The van der Waals surface area contributed by atoms with Crippen molar-refractivity contribution in [1.29, 1.82) is 0 Å². The molecule has 0 amide bonds. The van der Waals surface area contributed by atoms with Crippen LogP contribution in [0, 0.1) is 6.92 Å². The zero-order valence-corrected chi connectivity index (χ0v) is 12.6. The average molecular weight is 294 g/mol. The predicted molar refractivity (Wildman–Crippen MR) is 76.8 cm³/mol. The van der Waals surface area contributed by atoms with Crippen LogP contribution in [0.2, 0.25) is 0 Å². The molecule has 2 aromatic rings. The van der Waals surface area contributed by atoms with Crippen LogP contribution in [0.5, 0.6) is 0 Å². The van der Waals surface area contributed by atoms with Crippen molar-refractivity contribution < 1.29 is 9.53 Å². The summed E-state index contributed by atoms with van der Waals surface area (Å²) in [4.78, 5) is 16.6. The Morgan fingerprint density at radius 2 is 2.35 bits per heavy atom. The summed E-state index contributed by atoms with van der Waals surface area (Å²) in [5.41, 5.74) is 7.39. The number of rotatable bonds is 5. The molecule has 0 aliphatic heterocycles. The first-order valence-electron chi connectivity index (χ1n) is 6.37. The molecule has 0 saturated heterocycles. The summed E-state index contributed by atoms with van der Waals surface area (Å²) >= 11 is 1.63. The molecule has 0 fully saturated rings. The lowest BCUT2D eigenvalue weighted by Gasteiger charge is -2.22. The number of carbonyl (C=O) groups excluding carboxylic acids is 1. The van der Waals surface area contributed by atoms with Gasteiger partial charge in [0.15, 0.2) is 0 Å². The fourth-order valence-electron chi connectivity index (χ4n) is 2.02. The standard InChI is InChI=1S/C13H18N4O2S/c1-4-9(14)10(11-8(2)5-6-20-11)17-7-15-12(16-17)13(18)19-3/h5-7,9-10H,4,14H2,1-3H3. The van der Waals surface area contributed by atoms with Crippen LogP contribution < -0.4 is 5.73 Å². The Labute approximate surface area is 121 Å². The minimum Gasteiger partial charge on any atom is -0.463 e. The first-order chi connectivity index (χ1) is 9.58. The molecule has 7 heteroatoms. The lowest BCUT2D eigenvalue weighted by molar-refractivity contribution is 0.0586. The van der Waals surface area contributed by atoms with Gasteiger partial charge in [0.25, 0.3) is 5.82 Å². The number of thiophene rings is 1. The molecule has 0 aliphatic carbocycles. The van der Waals surface area contributed by atoms with Gasteiger partial charge in [0.2, 0.25) is 0 Å². The van der Waals surface area contributed by atoms with Crippen molar-refractivity contribution in [2.24, 2.45) is 5.73 Å². The summed E-state index contributed by atoms with van der Waals surface area (Å²) in [6.07, 6.45) is 2.33. The number of ether oxygens (including phenoxy) is 1. The molecule has 0 aliphatic rings. The van der Waals surface area contributed by atoms with E-state index in [-0.39, 0.29) is 17.9 Å². The molecule has 2 unspecified atom stereocenters. The molecule has 0 radical (unpaired) electrons. The van der Waals surface area contributed by atoms with Crippen molar-refractivity contribution >= 4 is 17.3 Å². The summed E-state index contributed by atoms with van der Waals surface area (Å²) < 4.78 is 6.28. The third-order valence-corrected chi connectivity index (χ3v) is 4.30. The van der Waals surface area contributed by atoms with Gasteiger partial charge in [0.1, 0.15) is 12.4 Å². The lowest BCUT2D eigenvalue weighted by atomic mass is 10.0. The fraction of sp³-hybridized carbons (Fsp3) is 0.462. The first-order valence-corrected chi connectivity index (χ1v) is 7.25. The second-order valence-corrected chi connectivity index (χ2v) is 5.47. The van der Waals surface area contributed by atoms with Crippen LogP contribution in [-0.2, 0) is 4.74 Å². The molecule has 6 nitrogen and oxygen atoms in total. The summed E-state index contributed by atoms with van der Waals surface area (Å²) in [5, 5.41) is 6.23. The highest BCUT2D eigenvalue weighted by molar-refractivity contribution is 7.10. The Kier molecular flexibility index (Phi) is 4.51. The number of hydrogen-bond donors (Lipinski definition) is 1. The van der Waals surface area contributed by atoms with Gasteiger partial charge in [-0.05, 0) is 30.4 Å². The molecule has 2 rings (SSSR count). The van der Waals surface area contributed by atoms with Gasteiger partial charge in [-0.25, -0.2) is 14.5 Å². The molecule has 2 atom stereocenters. The predicted octanol–water partition coefficient (Wildman–Crippen LogP) is 1.76. The highest BCUT2D eigenvalue weighted by atomic mass is 32.1. The molecule has 0 spiro atoms. The fourth-order valence-corrected chi connectivity index (χ4v) is 3.11. The number of esters is 1. The molecular weight excluding hydrogens is 276 g/mol. The lowest BCUT2D eigenvalue weighted by Crippen LogP contribution is -2.33. The maximum absolute atomic E-state index is 11.5. The van der Waals surface area contributed by atoms with E-state index in [1.54, 1.807) is 16.0 Å². The van der Waals surface area contributed by atoms with E-state index >= 15 is 0 Å². The smallest absolute Gasteiger partial charge is 0.377 e. The van der Waals surface area contributed by atoms with Crippen LogP contribution in [0.4, 0.5) is 0 Å². The highest BCUT2D eigenvalue weighted by Crippen LogP contribution is 2.29. The largest absolute Gasteiger partial charge is 0.463 e. The highest BCUT2D eigenvalue weighted by Gasteiger charge is 2.25. The minimum atomic E-state index is -0.546. The van der Waals surface area contributed by atoms with E-state index in [4.69, 9.17) is 5.73 Å². The number of methoxy groups -OCH3 is 1. The van der Waals surface area contributed by atoms with Crippen molar-refractivity contribution in [2.75, 3.05) is 7.11 Å². The molecule has 2 N–H and O–H groups in total. The second-order valence-electron chi connectivity index (χ2n) is 4.52. The monoisotopic (exact) mass is 294 g/mol. The number of carbonyl (C=O) groups is 1. The minimum absolute atomic E-state index is 0.0509. The van der Waals surface area contributed by atoms with E-state index in [9.17, 15) is 4.79 Å². The Balaban J connectivity index is 2.40. The van der Waals surface area contributed by atoms with Gasteiger partial charge in [-0.2, -0.15) is 0 Å². The average Bonchev–Trinajstić information content (AvgIpc) is 3.08. The molecule has 0 bridgehead atoms. The van der Waals surface area contributed by atoms with Crippen molar-refractivity contribution in [3.63, 3.8) is 0 Å². The Morgan fingerprint density at radius 3 is 2.90 bits per heavy atom. The molecule has 20 heavy (non-hydrogen) atoms. The van der Waals surface area contributed by atoms with Gasteiger partial charge >= 0.3 is 5.97 Å². The number of aryl methyl sites for hydroxylation is 1. The van der Waals surface area contributed by atoms with Crippen LogP contribution in [0.1, 0.15) is 40.4 Å². The molecular formula is C13H18N4O2S. The Morgan fingerprint density at radius 1 is 1.60 bits per heavy atom. The molecule has 2 heterocycles. The second kappa shape index (κ2) is 6.15. The zero-order valence-electron chi connectivity index (χ0n) is 11.7. The number of nitrogens with two attached hydrogens (primary N) is 1. The van der Waals surface area contributed by atoms with Crippen LogP contribution in [0.25, 0.3) is 0 Å². The Hall–Kier alpha value is -1.73. The van der Waals surface area contributed by atoms with E-state index in [2.05, 4.69) is 14.8 Å². The van der Waals surface area contributed by atoms with Gasteiger partial charge in [-0.3, -0.25) is 0 Å². The normalized spacial score (nSPS) is 14.0. The van der Waals surface area contributed by atoms with Crippen molar-refractivity contribution in [3.05, 3.63) is 34.0 Å². The van der Waals surface area contributed by atoms with E-state index in [1.165, 1.54) is 19.0 Å². The summed E-state index contributed by atoms with van der Waals surface area (Å²) in [7, 11) is 1.31. The van der Waals surface area contributed by atoms with Gasteiger partial charge in [0, 0.05) is 10.9 Å². The topological polar surface area (TPSA) is 83.0 Å². The summed E-state index contributed by atoms with van der Waals surface area (Å²) in [6, 6.07) is 1.83. The van der Waals surface area contributed by atoms with Gasteiger partial charge in [-0.1, -0.05) is 6.92 Å². The molecule has 2 aromatic heterocycles. The Bertz CT molecular complexity index is 593. The molecule has 108 valence electrons.